The van der Waals surface area contributed by atoms with Crippen molar-refractivity contribution < 1.29 is 18.1 Å². The van der Waals surface area contributed by atoms with Crippen LogP contribution in [-0.2, 0) is 16.7 Å². The molecule has 2 aromatic rings. The van der Waals surface area contributed by atoms with Crippen LogP contribution in [0.5, 0.6) is 0 Å². The molecule has 1 unspecified atom stereocenters. The van der Waals surface area contributed by atoms with E-state index >= 15 is 0 Å². The topological polar surface area (TPSA) is 79.5 Å². The standard InChI is InChI=1S/C13H17NO4S/c1-3-10(15)8-14-9(2)13(19(16,17)18)11-6-4-5-7-12(11)14/h4-7,10,15H,3,8H2,1-2H3,(H,16,17,18). The van der Waals surface area contributed by atoms with Gasteiger partial charge in [0, 0.05) is 23.1 Å². The molecule has 0 fully saturated rings. The molecule has 0 spiro atoms. The first-order valence-electron chi connectivity index (χ1n) is 6.09. The van der Waals surface area contributed by atoms with Crippen LogP contribution >= 0.6 is 0 Å². The van der Waals surface area contributed by atoms with Gasteiger partial charge in [-0.3, -0.25) is 4.55 Å². The summed E-state index contributed by atoms with van der Waals surface area (Å²) >= 11 is 0. The van der Waals surface area contributed by atoms with E-state index in [2.05, 4.69) is 0 Å². The second kappa shape index (κ2) is 4.96. The Morgan fingerprint density at radius 1 is 1.32 bits per heavy atom. The number of fused-ring (bicyclic) bond motifs is 1. The van der Waals surface area contributed by atoms with Gasteiger partial charge >= 0.3 is 0 Å². The summed E-state index contributed by atoms with van der Waals surface area (Å²) in [5, 5.41) is 10.3. The zero-order valence-corrected chi connectivity index (χ0v) is 11.7. The molecule has 0 aliphatic carbocycles. The van der Waals surface area contributed by atoms with Gasteiger partial charge in [-0.2, -0.15) is 8.42 Å². The van der Waals surface area contributed by atoms with E-state index in [1.807, 2.05) is 6.92 Å². The molecule has 0 aliphatic heterocycles. The van der Waals surface area contributed by atoms with Crippen LogP contribution in [-0.4, -0.2) is 28.7 Å². The van der Waals surface area contributed by atoms with Gasteiger partial charge in [0.1, 0.15) is 4.90 Å². The summed E-state index contributed by atoms with van der Waals surface area (Å²) in [6.07, 6.45) is 0.0245. The van der Waals surface area contributed by atoms with Crippen molar-refractivity contribution in [3.05, 3.63) is 30.0 Å². The fourth-order valence-corrected chi connectivity index (χ4v) is 3.23. The molecule has 0 amide bonds. The van der Waals surface area contributed by atoms with E-state index in [4.69, 9.17) is 0 Å². The summed E-state index contributed by atoms with van der Waals surface area (Å²) < 4.78 is 34.1. The molecular weight excluding hydrogens is 266 g/mol. The van der Waals surface area contributed by atoms with Crippen molar-refractivity contribution in [3.8, 4) is 0 Å². The Labute approximate surface area is 112 Å². The van der Waals surface area contributed by atoms with Crippen LogP contribution in [0.2, 0.25) is 0 Å². The first-order valence-corrected chi connectivity index (χ1v) is 7.53. The first-order chi connectivity index (χ1) is 8.86. The van der Waals surface area contributed by atoms with E-state index in [-0.39, 0.29) is 4.90 Å². The van der Waals surface area contributed by atoms with Gasteiger partial charge in [-0.05, 0) is 19.4 Å². The van der Waals surface area contributed by atoms with Crippen LogP contribution in [0.15, 0.2) is 29.2 Å². The van der Waals surface area contributed by atoms with E-state index in [9.17, 15) is 18.1 Å². The van der Waals surface area contributed by atoms with Gasteiger partial charge in [0.05, 0.1) is 6.10 Å². The second-order valence-corrected chi connectivity index (χ2v) is 5.94. The van der Waals surface area contributed by atoms with Gasteiger partial charge in [-0.25, -0.2) is 0 Å². The van der Waals surface area contributed by atoms with Gasteiger partial charge in [0.15, 0.2) is 0 Å². The van der Waals surface area contributed by atoms with Crippen molar-refractivity contribution in [2.24, 2.45) is 0 Å². The maximum Gasteiger partial charge on any atom is 0.296 e. The number of aliphatic hydroxyl groups excluding tert-OH is 1. The normalized spacial score (nSPS) is 13.9. The predicted octanol–water partition coefficient (Wildman–Crippen LogP) is 1.97. The number of hydrogen-bond donors (Lipinski definition) is 2. The SMILES string of the molecule is CCC(O)Cn1c(C)c(S(=O)(=O)O)c2ccccc21. The van der Waals surface area contributed by atoms with Crippen molar-refractivity contribution in [2.75, 3.05) is 0 Å². The minimum atomic E-state index is -4.28. The lowest BCUT2D eigenvalue weighted by molar-refractivity contribution is 0.150. The summed E-state index contributed by atoms with van der Waals surface area (Å²) in [6.45, 7) is 3.79. The van der Waals surface area contributed by atoms with Crippen LogP contribution in [0.4, 0.5) is 0 Å². The highest BCUT2D eigenvalue weighted by molar-refractivity contribution is 7.86. The Balaban J connectivity index is 2.75. The molecule has 1 aromatic heterocycles. The van der Waals surface area contributed by atoms with Gasteiger partial charge in [0.2, 0.25) is 0 Å². The van der Waals surface area contributed by atoms with Crippen molar-refractivity contribution in [1.29, 1.82) is 0 Å². The number of para-hydroxylation sites is 1. The summed E-state index contributed by atoms with van der Waals surface area (Å²) in [5.41, 5.74) is 1.14. The van der Waals surface area contributed by atoms with E-state index in [1.54, 1.807) is 35.8 Å². The molecule has 1 aromatic carbocycles. The molecule has 6 heteroatoms. The minimum Gasteiger partial charge on any atom is -0.391 e. The summed E-state index contributed by atoms with van der Waals surface area (Å²) in [6, 6.07) is 6.95. The Morgan fingerprint density at radius 3 is 2.53 bits per heavy atom. The highest BCUT2D eigenvalue weighted by atomic mass is 32.2. The molecule has 2 rings (SSSR count). The zero-order chi connectivity index (χ0) is 14.2. The van der Waals surface area contributed by atoms with Gasteiger partial charge in [0.25, 0.3) is 10.1 Å². The molecule has 0 saturated carbocycles. The molecule has 2 N–H and O–H groups in total. The van der Waals surface area contributed by atoms with Crippen LogP contribution < -0.4 is 0 Å². The van der Waals surface area contributed by atoms with Crippen LogP contribution in [0.25, 0.3) is 10.9 Å². The molecule has 0 radical (unpaired) electrons. The molecular formula is C13H17NO4S. The van der Waals surface area contributed by atoms with E-state index < -0.39 is 16.2 Å². The second-order valence-electron chi connectivity index (χ2n) is 4.58. The Kier molecular flexibility index (Phi) is 3.66. The predicted molar refractivity (Wildman–Crippen MR) is 72.8 cm³/mol. The Bertz CT molecular complexity index is 703. The number of hydrogen-bond acceptors (Lipinski definition) is 3. The Morgan fingerprint density at radius 2 is 1.95 bits per heavy atom. The van der Waals surface area contributed by atoms with Crippen molar-refractivity contribution >= 4 is 21.0 Å². The summed E-state index contributed by atoms with van der Waals surface area (Å²) in [7, 11) is -4.28. The van der Waals surface area contributed by atoms with E-state index in [0.717, 1.165) is 0 Å². The van der Waals surface area contributed by atoms with Crippen LogP contribution in [0.1, 0.15) is 19.0 Å². The van der Waals surface area contributed by atoms with Crippen LogP contribution in [0.3, 0.4) is 0 Å². The zero-order valence-electron chi connectivity index (χ0n) is 10.9. The lowest BCUT2D eigenvalue weighted by atomic mass is 10.2. The monoisotopic (exact) mass is 283 g/mol. The number of aromatic nitrogens is 1. The largest absolute Gasteiger partial charge is 0.391 e. The van der Waals surface area contributed by atoms with Gasteiger partial charge < -0.3 is 9.67 Å². The third kappa shape index (κ3) is 2.51. The molecule has 104 valence electrons. The fraction of sp³-hybridized carbons (Fsp3) is 0.385. The third-order valence-corrected chi connectivity index (χ3v) is 4.33. The minimum absolute atomic E-state index is 0.0774. The maximum atomic E-state index is 11.5. The highest BCUT2D eigenvalue weighted by Gasteiger charge is 2.23. The summed E-state index contributed by atoms with van der Waals surface area (Å²) in [4.78, 5) is -0.0774. The molecule has 1 atom stereocenters. The Hall–Kier alpha value is -1.37. The third-order valence-electron chi connectivity index (χ3n) is 3.30. The van der Waals surface area contributed by atoms with Gasteiger partial charge in [-0.15, -0.1) is 0 Å². The molecule has 1 heterocycles. The fourth-order valence-electron chi connectivity index (χ4n) is 2.30. The lowest BCUT2D eigenvalue weighted by Crippen LogP contribution is -2.16. The van der Waals surface area contributed by atoms with Crippen molar-refractivity contribution in [2.45, 2.75) is 37.8 Å². The lowest BCUT2D eigenvalue weighted by Gasteiger charge is -2.12. The van der Waals surface area contributed by atoms with E-state index in [0.29, 0.717) is 29.6 Å². The molecule has 0 saturated heterocycles. The first kappa shape index (κ1) is 14.0. The average Bonchev–Trinajstić information content (AvgIpc) is 2.62. The van der Waals surface area contributed by atoms with E-state index in [1.165, 1.54) is 0 Å². The summed E-state index contributed by atoms with van der Waals surface area (Å²) in [5.74, 6) is 0. The number of benzene rings is 1. The number of aliphatic hydroxyl groups is 1. The van der Waals surface area contributed by atoms with Crippen LogP contribution in [0, 0.1) is 6.92 Å². The van der Waals surface area contributed by atoms with Crippen molar-refractivity contribution in [1.82, 2.24) is 4.57 Å². The quantitative estimate of drug-likeness (QED) is 0.841. The maximum absolute atomic E-state index is 11.5. The molecule has 0 aliphatic rings. The smallest absolute Gasteiger partial charge is 0.296 e. The van der Waals surface area contributed by atoms with Crippen molar-refractivity contribution in [3.63, 3.8) is 0 Å². The molecule has 5 nitrogen and oxygen atoms in total. The molecule has 0 bridgehead atoms. The van der Waals surface area contributed by atoms with Gasteiger partial charge in [-0.1, -0.05) is 25.1 Å². The number of rotatable bonds is 4. The highest BCUT2D eigenvalue weighted by Crippen LogP contribution is 2.29. The molecule has 19 heavy (non-hydrogen) atoms. The number of nitrogens with zero attached hydrogens (tertiary/aromatic N) is 1. The average molecular weight is 283 g/mol.